The van der Waals surface area contributed by atoms with Gasteiger partial charge in [-0.15, -0.1) is 0 Å². The number of H-pyrrole nitrogens is 1. The van der Waals surface area contributed by atoms with Gasteiger partial charge in [0, 0.05) is 11.1 Å². The number of benzene rings is 3. The van der Waals surface area contributed by atoms with Crippen molar-refractivity contribution in [1.29, 1.82) is 0 Å². The van der Waals surface area contributed by atoms with Crippen LogP contribution in [-0.2, 0) is 6.54 Å². The molecule has 0 unspecified atom stereocenters. The maximum absolute atomic E-state index is 5.86. The molecule has 1 heterocycles. The van der Waals surface area contributed by atoms with Crippen LogP contribution in [0.1, 0.15) is 12.5 Å². The van der Waals surface area contributed by atoms with Crippen LogP contribution in [0.3, 0.4) is 0 Å². The van der Waals surface area contributed by atoms with Gasteiger partial charge in [0.05, 0.1) is 13.2 Å². The van der Waals surface area contributed by atoms with Crippen molar-refractivity contribution in [3.63, 3.8) is 0 Å². The van der Waals surface area contributed by atoms with Gasteiger partial charge in [0.2, 0.25) is 4.77 Å². The zero-order valence-electron chi connectivity index (χ0n) is 15.0. The first-order chi connectivity index (χ1) is 13.3. The normalized spacial score (nSPS) is 10.9. The lowest BCUT2D eigenvalue weighted by Gasteiger charge is -2.16. The molecule has 3 aromatic carbocycles. The molecular formula is C21H20N4OS. The number of aromatic nitrogens is 3. The van der Waals surface area contributed by atoms with Gasteiger partial charge in [-0.25, -0.2) is 9.77 Å². The van der Waals surface area contributed by atoms with E-state index in [0.29, 0.717) is 17.9 Å². The van der Waals surface area contributed by atoms with E-state index in [9.17, 15) is 0 Å². The Kier molecular flexibility index (Phi) is 4.89. The predicted octanol–water partition coefficient (Wildman–Crippen LogP) is 4.90. The minimum absolute atomic E-state index is 0.520. The van der Waals surface area contributed by atoms with Gasteiger partial charge in [0.1, 0.15) is 5.75 Å². The van der Waals surface area contributed by atoms with Crippen LogP contribution in [0, 0.1) is 4.77 Å². The van der Waals surface area contributed by atoms with Crippen molar-refractivity contribution < 1.29 is 4.74 Å². The molecular weight excluding hydrogens is 356 g/mol. The van der Waals surface area contributed by atoms with Gasteiger partial charge >= 0.3 is 0 Å². The standard InChI is InChI=1S/C21H20N4OS/c1-2-26-19-13-12-15-8-6-7-11-17(15)18(19)14-22-25-20(23-24-21(25)27)16-9-4-3-5-10-16/h3-13,22H,2,14H2,1H3,(H,24,27). The van der Waals surface area contributed by atoms with E-state index in [1.165, 1.54) is 5.39 Å². The van der Waals surface area contributed by atoms with Crippen LogP contribution in [-0.4, -0.2) is 21.5 Å². The van der Waals surface area contributed by atoms with Crippen LogP contribution in [0.5, 0.6) is 5.75 Å². The summed E-state index contributed by atoms with van der Waals surface area (Å²) in [6, 6.07) is 22.4. The summed E-state index contributed by atoms with van der Waals surface area (Å²) >= 11 is 5.42. The Balaban J connectivity index is 1.72. The summed E-state index contributed by atoms with van der Waals surface area (Å²) in [5, 5.41) is 9.58. The van der Waals surface area contributed by atoms with Crippen molar-refractivity contribution in [2.75, 3.05) is 12.0 Å². The Labute approximate surface area is 162 Å². The molecule has 0 saturated carbocycles. The second-order valence-electron chi connectivity index (χ2n) is 6.09. The SMILES string of the molecule is CCOc1ccc2ccccc2c1CNn1c(-c2ccccc2)n[nH]c1=S. The summed E-state index contributed by atoms with van der Waals surface area (Å²) in [4.78, 5) is 0. The van der Waals surface area contributed by atoms with Crippen molar-refractivity contribution in [3.8, 4) is 17.1 Å². The van der Waals surface area contributed by atoms with E-state index in [-0.39, 0.29) is 0 Å². The van der Waals surface area contributed by atoms with Gasteiger partial charge in [-0.05, 0) is 36.0 Å². The maximum atomic E-state index is 5.86. The molecule has 0 aliphatic rings. The topological polar surface area (TPSA) is 54.9 Å². The van der Waals surface area contributed by atoms with Crippen molar-refractivity contribution in [1.82, 2.24) is 14.9 Å². The molecule has 0 spiro atoms. The highest BCUT2D eigenvalue weighted by atomic mass is 32.1. The Morgan fingerprint density at radius 2 is 1.81 bits per heavy atom. The average molecular weight is 376 g/mol. The molecule has 4 rings (SSSR count). The van der Waals surface area contributed by atoms with Crippen molar-refractivity contribution >= 4 is 23.0 Å². The first kappa shape index (κ1) is 17.3. The molecule has 0 radical (unpaired) electrons. The summed E-state index contributed by atoms with van der Waals surface area (Å²) in [6.07, 6.45) is 0. The first-order valence-electron chi connectivity index (χ1n) is 8.88. The van der Waals surface area contributed by atoms with E-state index >= 15 is 0 Å². The zero-order chi connectivity index (χ0) is 18.6. The third kappa shape index (κ3) is 3.44. The number of rotatable bonds is 6. The minimum Gasteiger partial charge on any atom is -0.494 e. The van der Waals surface area contributed by atoms with Gasteiger partial charge in [0.15, 0.2) is 5.82 Å². The fraction of sp³-hybridized carbons (Fsp3) is 0.143. The molecule has 5 nitrogen and oxygen atoms in total. The van der Waals surface area contributed by atoms with E-state index in [4.69, 9.17) is 17.0 Å². The smallest absolute Gasteiger partial charge is 0.214 e. The van der Waals surface area contributed by atoms with Crippen LogP contribution >= 0.6 is 12.2 Å². The molecule has 0 fully saturated rings. The van der Waals surface area contributed by atoms with Crippen molar-refractivity contribution in [2.45, 2.75) is 13.5 Å². The van der Waals surface area contributed by atoms with Gasteiger partial charge in [0.25, 0.3) is 0 Å². The molecule has 0 aliphatic carbocycles. The van der Waals surface area contributed by atoms with E-state index < -0.39 is 0 Å². The lowest BCUT2D eigenvalue weighted by atomic mass is 10.0. The van der Waals surface area contributed by atoms with Gasteiger partial charge in [-0.3, -0.25) is 0 Å². The van der Waals surface area contributed by atoms with Crippen LogP contribution in [0.25, 0.3) is 22.2 Å². The number of hydrogen-bond donors (Lipinski definition) is 2. The Bertz CT molecular complexity index is 1120. The number of aromatic amines is 1. The molecule has 27 heavy (non-hydrogen) atoms. The van der Waals surface area contributed by atoms with Crippen molar-refractivity contribution in [2.24, 2.45) is 0 Å². The largest absolute Gasteiger partial charge is 0.494 e. The lowest BCUT2D eigenvalue weighted by molar-refractivity contribution is 0.337. The van der Waals surface area contributed by atoms with E-state index in [1.807, 2.05) is 60.1 Å². The van der Waals surface area contributed by atoms with Crippen molar-refractivity contribution in [3.05, 3.63) is 77.1 Å². The highest BCUT2D eigenvalue weighted by Gasteiger charge is 2.12. The Hall–Kier alpha value is -3.12. The highest BCUT2D eigenvalue weighted by Crippen LogP contribution is 2.28. The van der Waals surface area contributed by atoms with Gasteiger partial charge < -0.3 is 10.2 Å². The Morgan fingerprint density at radius 3 is 2.63 bits per heavy atom. The molecule has 0 bridgehead atoms. The molecule has 1 aromatic heterocycles. The zero-order valence-corrected chi connectivity index (χ0v) is 15.8. The fourth-order valence-electron chi connectivity index (χ4n) is 3.17. The van der Waals surface area contributed by atoms with Gasteiger partial charge in [-0.2, -0.15) is 5.10 Å². The molecule has 136 valence electrons. The Morgan fingerprint density at radius 1 is 1.04 bits per heavy atom. The summed E-state index contributed by atoms with van der Waals surface area (Å²) in [5.74, 6) is 1.62. The van der Waals surface area contributed by atoms with E-state index in [0.717, 1.165) is 28.1 Å². The molecule has 0 atom stereocenters. The van der Waals surface area contributed by atoms with Crippen LogP contribution in [0.2, 0.25) is 0 Å². The van der Waals surface area contributed by atoms with Crippen LogP contribution in [0.15, 0.2) is 66.7 Å². The quantitative estimate of drug-likeness (QED) is 0.470. The average Bonchev–Trinajstić information content (AvgIpc) is 3.08. The molecule has 0 aliphatic heterocycles. The minimum atomic E-state index is 0.520. The fourth-order valence-corrected chi connectivity index (χ4v) is 3.37. The third-order valence-electron chi connectivity index (χ3n) is 4.42. The van der Waals surface area contributed by atoms with E-state index in [1.54, 1.807) is 0 Å². The first-order valence-corrected chi connectivity index (χ1v) is 9.29. The molecule has 0 amide bonds. The second kappa shape index (κ2) is 7.63. The molecule has 2 N–H and O–H groups in total. The molecule has 0 saturated heterocycles. The number of ether oxygens (including phenoxy) is 1. The lowest BCUT2D eigenvalue weighted by Crippen LogP contribution is -2.16. The number of fused-ring (bicyclic) bond motifs is 1. The summed E-state index contributed by atoms with van der Waals surface area (Å²) < 4.78 is 8.19. The van der Waals surface area contributed by atoms with Gasteiger partial charge in [-0.1, -0.05) is 60.7 Å². The number of nitrogens with zero attached hydrogens (tertiary/aromatic N) is 2. The highest BCUT2D eigenvalue weighted by molar-refractivity contribution is 7.71. The monoisotopic (exact) mass is 376 g/mol. The maximum Gasteiger partial charge on any atom is 0.214 e. The van der Waals surface area contributed by atoms with E-state index in [2.05, 4.69) is 33.8 Å². The summed E-state index contributed by atoms with van der Waals surface area (Å²) in [5.41, 5.74) is 5.49. The second-order valence-corrected chi connectivity index (χ2v) is 6.47. The van der Waals surface area contributed by atoms with Crippen LogP contribution in [0.4, 0.5) is 0 Å². The molecule has 4 aromatic rings. The van der Waals surface area contributed by atoms with Crippen LogP contribution < -0.4 is 10.2 Å². The predicted molar refractivity (Wildman–Crippen MR) is 111 cm³/mol. The summed E-state index contributed by atoms with van der Waals surface area (Å²) in [7, 11) is 0. The summed E-state index contributed by atoms with van der Waals surface area (Å²) in [6.45, 7) is 3.17. The molecule has 6 heteroatoms. The third-order valence-corrected chi connectivity index (χ3v) is 4.69. The number of nitrogens with one attached hydrogen (secondary N) is 2. The number of hydrogen-bond acceptors (Lipinski definition) is 4.